The van der Waals surface area contributed by atoms with E-state index in [0.717, 1.165) is 57.6 Å². The maximum absolute atomic E-state index is 11.9. The first-order chi connectivity index (χ1) is 15.5. The van der Waals surface area contributed by atoms with Gasteiger partial charge in [-0.15, -0.1) is 0 Å². The number of nitrogens with one attached hydrogen (secondary N) is 2. The molecule has 10 heteroatoms. The maximum Gasteiger partial charge on any atom is 0.271 e. The summed E-state index contributed by atoms with van der Waals surface area (Å²) in [5, 5.41) is 7.19. The Morgan fingerprint density at radius 3 is 2.59 bits per heavy atom. The lowest BCUT2D eigenvalue weighted by atomic mass is 9.92. The van der Waals surface area contributed by atoms with E-state index in [9.17, 15) is 4.79 Å². The van der Waals surface area contributed by atoms with Crippen molar-refractivity contribution in [2.75, 3.05) is 30.4 Å². The Morgan fingerprint density at radius 2 is 1.88 bits per heavy atom. The van der Waals surface area contributed by atoms with Gasteiger partial charge in [0, 0.05) is 43.6 Å². The van der Waals surface area contributed by atoms with Crippen molar-refractivity contribution in [3.63, 3.8) is 0 Å². The molecular weight excluding hydrogens is 430 g/mol. The van der Waals surface area contributed by atoms with Crippen LogP contribution in [0.2, 0.25) is 5.02 Å². The van der Waals surface area contributed by atoms with E-state index < -0.39 is 5.91 Å². The lowest BCUT2D eigenvalue weighted by Crippen LogP contribution is -2.33. The highest BCUT2D eigenvalue weighted by atomic mass is 35.5. The third-order valence-electron chi connectivity index (χ3n) is 6.16. The van der Waals surface area contributed by atoms with E-state index >= 15 is 0 Å². The molecule has 1 aliphatic carbocycles. The summed E-state index contributed by atoms with van der Waals surface area (Å²) in [5.74, 6) is 0.906. The number of carbonyl (C=O) groups excluding carboxylic acids is 1. The Balaban J connectivity index is 1.54. The predicted octanol–water partition coefficient (Wildman–Crippen LogP) is 2.81. The second-order valence-corrected chi connectivity index (χ2v) is 8.97. The summed E-state index contributed by atoms with van der Waals surface area (Å²) in [7, 11) is 0. The Labute approximate surface area is 192 Å². The zero-order valence-corrected chi connectivity index (χ0v) is 18.8. The normalized spacial score (nSPS) is 21.8. The van der Waals surface area contributed by atoms with Gasteiger partial charge in [-0.05, 0) is 50.5 Å². The van der Waals surface area contributed by atoms with E-state index in [-0.39, 0.29) is 11.7 Å². The molecule has 172 valence electrons. The van der Waals surface area contributed by atoms with E-state index in [1.807, 2.05) is 6.07 Å². The van der Waals surface area contributed by atoms with Crippen LogP contribution < -0.4 is 22.1 Å². The minimum absolute atomic E-state index is 0.114. The number of hydrogen-bond acceptors (Lipinski definition) is 8. The van der Waals surface area contributed by atoms with Gasteiger partial charge in [0.05, 0.1) is 16.9 Å². The van der Waals surface area contributed by atoms with E-state index in [0.29, 0.717) is 40.6 Å². The minimum atomic E-state index is -0.628. The summed E-state index contributed by atoms with van der Waals surface area (Å²) < 4.78 is 5.41. The zero-order valence-electron chi connectivity index (χ0n) is 18.0. The van der Waals surface area contributed by atoms with Crippen molar-refractivity contribution in [3.8, 4) is 11.3 Å². The molecule has 1 saturated carbocycles. The van der Waals surface area contributed by atoms with Gasteiger partial charge in [0.15, 0.2) is 11.5 Å². The second kappa shape index (κ2) is 10.4. The first-order valence-electron chi connectivity index (χ1n) is 11.2. The minimum Gasteiger partial charge on any atom is -0.381 e. The number of anilines is 2. The quantitative estimate of drug-likeness (QED) is 0.495. The largest absolute Gasteiger partial charge is 0.381 e. The molecule has 2 aliphatic rings. The fourth-order valence-electron chi connectivity index (χ4n) is 4.20. The van der Waals surface area contributed by atoms with E-state index in [2.05, 4.69) is 25.6 Å². The highest BCUT2D eigenvalue weighted by Gasteiger charge is 2.21. The van der Waals surface area contributed by atoms with E-state index in [1.54, 1.807) is 6.20 Å². The van der Waals surface area contributed by atoms with Gasteiger partial charge in [-0.25, -0.2) is 15.0 Å². The number of carbonyl (C=O) groups is 1. The van der Waals surface area contributed by atoms with Crippen LogP contribution >= 0.6 is 11.6 Å². The van der Waals surface area contributed by atoms with Gasteiger partial charge in [-0.1, -0.05) is 11.6 Å². The highest BCUT2D eigenvalue weighted by Crippen LogP contribution is 2.30. The number of primary amides is 1. The first kappa shape index (κ1) is 22.7. The fourth-order valence-corrected chi connectivity index (χ4v) is 4.40. The third-order valence-corrected chi connectivity index (χ3v) is 6.46. The molecule has 0 bridgehead atoms. The van der Waals surface area contributed by atoms with Gasteiger partial charge in [-0.2, -0.15) is 0 Å². The van der Waals surface area contributed by atoms with Crippen LogP contribution in [0.3, 0.4) is 0 Å². The molecule has 1 amide bonds. The maximum atomic E-state index is 11.9. The highest BCUT2D eigenvalue weighted by molar-refractivity contribution is 6.33. The SMILES string of the molecule is NC(=O)c1ncc(-c2cc(NC3CCC(N)CC3)ncc2Cl)nc1NCC1CCOCC1. The predicted molar refractivity (Wildman–Crippen MR) is 125 cm³/mol. The van der Waals surface area contributed by atoms with Crippen LogP contribution in [-0.2, 0) is 4.74 Å². The first-order valence-corrected chi connectivity index (χ1v) is 11.5. The average molecular weight is 460 g/mol. The van der Waals surface area contributed by atoms with Crippen LogP contribution in [0.1, 0.15) is 49.0 Å². The molecule has 9 nitrogen and oxygen atoms in total. The third kappa shape index (κ3) is 5.65. The molecule has 0 unspecified atom stereocenters. The van der Waals surface area contributed by atoms with Crippen LogP contribution in [0.4, 0.5) is 11.6 Å². The second-order valence-electron chi connectivity index (χ2n) is 8.56. The number of pyridine rings is 1. The Kier molecular flexibility index (Phi) is 7.39. The lowest BCUT2D eigenvalue weighted by molar-refractivity contribution is 0.0699. The number of hydrogen-bond donors (Lipinski definition) is 4. The number of nitrogens with zero attached hydrogens (tertiary/aromatic N) is 3. The molecule has 1 aliphatic heterocycles. The molecule has 32 heavy (non-hydrogen) atoms. The van der Waals surface area contributed by atoms with E-state index in [4.69, 9.17) is 27.8 Å². The molecule has 4 rings (SSSR count). The van der Waals surface area contributed by atoms with Crippen molar-refractivity contribution in [1.82, 2.24) is 15.0 Å². The van der Waals surface area contributed by atoms with Crippen molar-refractivity contribution < 1.29 is 9.53 Å². The number of aromatic nitrogens is 3. The van der Waals surface area contributed by atoms with Gasteiger partial charge < -0.3 is 26.8 Å². The molecule has 6 N–H and O–H groups in total. The number of ether oxygens (including phenoxy) is 1. The van der Waals surface area contributed by atoms with Crippen molar-refractivity contribution in [2.24, 2.45) is 17.4 Å². The van der Waals surface area contributed by atoms with Gasteiger partial charge in [0.2, 0.25) is 0 Å². The average Bonchev–Trinajstić information content (AvgIpc) is 2.81. The molecular formula is C22H30ClN7O2. The molecule has 3 heterocycles. The molecule has 0 spiro atoms. The molecule has 2 fully saturated rings. The van der Waals surface area contributed by atoms with Crippen LogP contribution in [-0.4, -0.2) is 52.7 Å². The molecule has 0 aromatic carbocycles. The van der Waals surface area contributed by atoms with Crippen LogP contribution in [0.25, 0.3) is 11.3 Å². The molecule has 2 aromatic rings. The fraction of sp³-hybridized carbons (Fsp3) is 0.545. The molecule has 2 aromatic heterocycles. The topological polar surface area (TPSA) is 141 Å². The summed E-state index contributed by atoms with van der Waals surface area (Å²) in [4.78, 5) is 25.2. The van der Waals surface area contributed by atoms with Crippen molar-refractivity contribution in [2.45, 2.75) is 50.6 Å². The summed E-state index contributed by atoms with van der Waals surface area (Å²) in [6.45, 7) is 2.16. The zero-order chi connectivity index (χ0) is 22.5. The van der Waals surface area contributed by atoms with Gasteiger partial charge in [-0.3, -0.25) is 4.79 Å². The Hall–Kier alpha value is -2.49. The number of amides is 1. The summed E-state index contributed by atoms with van der Waals surface area (Å²) in [5.41, 5.74) is 12.9. The monoisotopic (exact) mass is 459 g/mol. The summed E-state index contributed by atoms with van der Waals surface area (Å²) >= 11 is 6.45. The van der Waals surface area contributed by atoms with Crippen LogP contribution in [0.5, 0.6) is 0 Å². The smallest absolute Gasteiger partial charge is 0.271 e. The Morgan fingerprint density at radius 1 is 1.12 bits per heavy atom. The summed E-state index contributed by atoms with van der Waals surface area (Å²) in [6.07, 6.45) is 9.06. The van der Waals surface area contributed by atoms with Crippen LogP contribution in [0, 0.1) is 5.92 Å². The molecule has 1 saturated heterocycles. The van der Waals surface area contributed by atoms with Crippen molar-refractivity contribution in [3.05, 3.63) is 29.2 Å². The number of nitrogens with two attached hydrogens (primary N) is 2. The molecule has 0 radical (unpaired) electrons. The van der Waals surface area contributed by atoms with Crippen molar-refractivity contribution >= 4 is 29.1 Å². The number of halogens is 1. The van der Waals surface area contributed by atoms with Crippen molar-refractivity contribution in [1.29, 1.82) is 0 Å². The van der Waals surface area contributed by atoms with Gasteiger partial charge in [0.25, 0.3) is 5.91 Å². The molecule has 0 atom stereocenters. The van der Waals surface area contributed by atoms with E-state index in [1.165, 1.54) is 6.20 Å². The summed E-state index contributed by atoms with van der Waals surface area (Å²) in [6, 6.07) is 2.48. The van der Waals surface area contributed by atoms with Crippen LogP contribution in [0.15, 0.2) is 18.5 Å². The van der Waals surface area contributed by atoms with Gasteiger partial charge in [0.1, 0.15) is 5.82 Å². The van der Waals surface area contributed by atoms with Gasteiger partial charge >= 0.3 is 0 Å². The standard InChI is InChI=1S/C22H30ClN7O2/c23-17-11-26-19(29-15-3-1-14(24)2-4-15)9-16(17)18-12-27-20(21(25)31)22(30-18)28-10-13-5-7-32-8-6-13/h9,11-15H,1-8,10,24H2,(H2,25,31)(H,26,29)(H,28,30). The number of rotatable bonds is 7. The lowest BCUT2D eigenvalue weighted by Gasteiger charge is -2.27. The Bertz CT molecular complexity index is 944.